The minimum atomic E-state index is -0.514. The lowest BCUT2D eigenvalue weighted by Gasteiger charge is -2.00. The number of hydrogen-bond donors (Lipinski definition) is 1. The Bertz CT molecular complexity index is 385. The molecule has 0 aliphatic heterocycles. The van der Waals surface area contributed by atoms with Crippen LogP contribution in [0.2, 0.25) is 0 Å². The average Bonchev–Trinajstić information content (AvgIpc) is 2.58. The Labute approximate surface area is 94.9 Å². The largest absolute Gasteiger partial charge is 0.469 e. The molecule has 82 valence electrons. The van der Waals surface area contributed by atoms with Gasteiger partial charge < -0.3 is 14.5 Å². The second-order valence-electron chi connectivity index (χ2n) is 2.76. The quantitative estimate of drug-likeness (QED) is 0.844. The van der Waals surface area contributed by atoms with Crippen LogP contribution in [-0.4, -0.2) is 31.1 Å². The Hall–Kier alpha value is -1.30. The van der Waals surface area contributed by atoms with Gasteiger partial charge in [-0.15, -0.1) is 0 Å². The molecule has 0 aromatic carbocycles. The fourth-order valence-electron chi connectivity index (χ4n) is 1.11. The zero-order valence-corrected chi connectivity index (χ0v) is 9.88. The van der Waals surface area contributed by atoms with Gasteiger partial charge in [-0.2, -0.15) is 0 Å². The van der Waals surface area contributed by atoms with Crippen molar-refractivity contribution in [1.29, 1.82) is 0 Å². The molecular weight excluding hydrogens is 266 g/mol. The van der Waals surface area contributed by atoms with Gasteiger partial charge in [0.1, 0.15) is 5.69 Å². The highest BCUT2D eigenvalue weighted by Gasteiger charge is 2.17. The van der Waals surface area contributed by atoms with Crippen LogP contribution in [0.3, 0.4) is 0 Å². The van der Waals surface area contributed by atoms with E-state index in [4.69, 9.17) is 0 Å². The average molecular weight is 276 g/mol. The molecule has 0 saturated heterocycles. The fraction of sp³-hybridized carbons (Fsp3) is 0.333. The Balaban J connectivity index is 2.96. The summed E-state index contributed by atoms with van der Waals surface area (Å²) in [5.74, 6) is -0.925. The third kappa shape index (κ3) is 2.82. The van der Waals surface area contributed by atoms with Crippen LogP contribution in [0.1, 0.15) is 16.1 Å². The van der Waals surface area contributed by atoms with Gasteiger partial charge in [0.25, 0.3) is 0 Å². The van der Waals surface area contributed by atoms with Crippen molar-refractivity contribution < 1.29 is 19.1 Å². The summed E-state index contributed by atoms with van der Waals surface area (Å²) in [5, 5.41) is 0. The molecule has 0 amide bonds. The Morgan fingerprint density at radius 1 is 1.40 bits per heavy atom. The van der Waals surface area contributed by atoms with Crippen molar-refractivity contribution in [3.05, 3.63) is 21.9 Å². The molecule has 1 aromatic rings. The number of aromatic amines is 1. The topological polar surface area (TPSA) is 68.4 Å². The Morgan fingerprint density at radius 3 is 2.60 bits per heavy atom. The molecule has 0 bridgehead atoms. The molecule has 15 heavy (non-hydrogen) atoms. The maximum absolute atomic E-state index is 11.3. The summed E-state index contributed by atoms with van der Waals surface area (Å²) in [5.41, 5.74) is 0.801. The first-order valence-electron chi connectivity index (χ1n) is 4.11. The fourth-order valence-corrected chi connectivity index (χ4v) is 1.59. The molecule has 5 nitrogen and oxygen atoms in total. The van der Waals surface area contributed by atoms with E-state index < -0.39 is 11.9 Å². The van der Waals surface area contributed by atoms with E-state index in [1.807, 2.05) is 0 Å². The molecule has 0 atom stereocenters. The molecule has 0 spiro atoms. The van der Waals surface area contributed by atoms with Crippen molar-refractivity contribution in [2.75, 3.05) is 14.2 Å². The van der Waals surface area contributed by atoms with Gasteiger partial charge in [-0.05, 0) is 27.6 Å². The zero-order chi connectivity index (χ0) is 11.4. The SMILES string of the molecule is COC(=O)Cc1cc(Br)[nH]c1C(=O)OC. The lowest BCUT2D eigenvalue weighted by atomic mass is 10.2. The molecule has 0 saturated carbocycles. The minimum absolute atomic E-state index is 0.0308. The number of halogens is 1. The number of carbonyl (C=O) groups is 2. The molecule has 1 N–H and O–H groups in total. The number of H-pyrrole nitrogens is 1. The van der Waals surface area contributed by atoms with Gasteiger partial charge in [0.05, 0.1) is 25.2 Å². The van der Waals surface area contributed by atoms with E-state index in [1.165, 1.54) is 14.2 Å². The van der Waals surface area contributed by atoms with Gasteiger partial charge in [-0.3, -0.25) is 4.79 Å². The summed E-state index contributed by atoms with van der Waals surface area (Å²) in [7, 11) is 2.57. The molecule has 0 fully saturated rings. The first-order valence-corrected chi connectivity index (χ1v) is 4.90. The minimum Gasteiger partial charge on any atom is -0.469 e. The normalized spacial score (nSPS) is 9.80. The number of esters is 2. The third-order valence-corrected chi connectivity index (χ3v) is 2.25. The Kier molecular flexibility index (Phi) is 3.90. The number of rotatable bonds is 3. The van der Waals surface area contributed by atoms with Gasteiger partial charge in [-0.25, -0.2) is 4.79 Å². The summed E-state index contributed by atoms with van der Waals surface area (Å²) in [6.07, 6.45) is 0.0308. The van der Waals surface area contributed by atoms with Crippen LogP contribution in [0.25, 0.3) is 0 Å². The van der Waals surface area contributed by atoms with Gasteiger partial charge in [-0.1, -0.05) is 0 Å². The lowest BCUT2D eigenvalue weighted by Crippen LogP contribution is -2.10. The van der Waals surface area contributed by atoms with Gasteiger partial charge >= 0.3 is 11.9 Å². The van der Waals surface area contributed by atoms with E-state index in [2.05, 4.69) is 30.4 Å². The summed E-state index contributed by atoms with van der Waals surface area (Å²) >= 11 is 3.18. The summed E-state index contributed by atoms with van der Waals surface area (Å²) in [6.45, 7) is 0. The van der Waals surface area contributed by atoms with Crippen LogP contribution < -0.4 is 0 Å². The van der Waals surface area contributed by atoms with E-state index in [9.17, 15) is 9.59 Å². The molecule has 1 aromatic heterocycles. The zero-order valence-electron chi connectivity index (χ0n) is 8.30. The lowest BCUT2D eigenvalue weighted by molar-refractivity contribution is -0.139. The summed E-state index contributed by atoms with van der Waals surface area (Å²) in [6, 6.07) is 1.64. The predicted octanol–water partition coefficient (Wildman–Crippen LogP) is 1.28. The van der Waals surface area contributed by atoms with Crippen LogP contribution in [0.4, 0.5) is 0 Å². The van der Waals surface area contributed by atoms with Crippen molar-refractivity contribution in [2.24, 2.45) is 0 Å². The molecule has 1 rings (SSSR count). The van der Waals surface area contributed by atoms with E-state index in [0.717, 1.165) is 0 Å². The first kappa shape index (κ1) is 11.8. The van der Waals surface area contributed by atoms with E-state index >= 15 is 0 Å². The number of nitrogens with one attached hydrogen (secondary N) is 1. The van der Waals surface area contributed by atoms with E-state index in [0.29, 0.717) is 10.2 Å². The maximum atomic E-state index is 11.3. The highest BCUT2D eigenvalue weighted by molar-refractivity contribution is 9.10. The second-order valence-corrected chi connectivity index (χ2v) is 3.62. The maximum Gasteiger partial charge on any atom is 0.354 e. The van der Waals surface area contributed by atoms with E-state index in [1.54, 1.807) is 6.07 Å². The number of carbonyl (C=O) groups excluding carboxylic acids is 2. The van der Waals surface area contributed by atoms with E-state index in [-0.39, 0.29) is 12.1 Å². The highest BCUT2D eigenvalue weighted by Crippen LogP contribution is 2.17. The third-order valence-electron chi connectivity index (χ3n) is 1.82. The van der Waals surface area contributed by atoms with Crippen LogP contribution in [0.5, 0.6) is 0 Å². The highest BCUT2D eigenvalue weighted by atomic mass is 79.9. The number of methoxy groups -OCH3 is 2. The van der Waals surface area contributed by atoms with Crippen molar-refractivity contribution in [3.8, 4) is 0 Å². The molecule has 0 aliphatic rings. The summed E-state index contributed by atoms with van der Waals surface area (Å²) in [4.78, 5) is 25.1. The standard InChI is InChI=1S/C9H10BrNO4/c1-14-7(12)4-5-3-6(10)11-8(5)9(13)15-2/h3,11H,4H2,1-2H3. The van der Waals surface area contributed by atoms with Crippen molar-refractivity contribution in [3.63, 3.8) is 0 Å². The molecule has 0 radical (unpaired) electrons. The number of hydrogen-bond acceptors (Lipinski definition) is 4. The number of aromatic nitrogens is 1. The van der Waals surface area contributed by atoms with Gasteiger partial charge in [0.2, 0.25) is 0 Å². The molecule has 0 unspecified atom stereocenters. The first-order chi connectivity index (χ1) is 7.08. The molecular formula is C9H10BrNO4. The van der Waals surface area contributed by atoms with Crippen LogP contribution in [-0.2, 0) is 20.7 Å². The number of ether oxygens (including phenoxy) is 2. The second kappa shape index (κ2) is 4.97. The van der Waals surface area contributed by atoms with Crippen LogP contribution >= 0.6 is 15.9 Å². The van der Waals surface area contributed by atoms with Crippen LogP contribution in [0, 0.1) is 0 Å². The van der Waals surface area contributed by atoms with Crippen LogP contribution in [0.15, 0.2) is 10.7 Å². The predicted molar refractivity (Wildman–Crippen MR) is 55.6 cm³/mol. The van der Waals surface area contributed by atoms with Gasteiger partial charge in [0.15, 0.2) is 0 Å². The molecule has 0 aliphatic carbocycles. The smallest absolute Gasteiger partial charge is 0.354 e. The molecule has 6 heteroatoms. The van der Waals surface area contributed by atoms with Gasteiger partial charge in [0, 0.05) is 0 Å². The monoisotopic (exact) mass is 275 g/mol. The Morgan fingerprint density at radius 2 is 2.07 bits per heavy atom. The summed E-state index contributed by atoms with van der Waals surface area (Å²) < 4.78 is 9.69. The molecule has 1 heterocycles. The van der Waals surface area contributed by atoms with Crippen molar-refractivity contribution in [2.45, 2.75) is 6.42 Å². The van der Waals surface area contributed by atoms with Crippen molar-refractivity contribution in [1.82, 2.24) is 4.98 Å². The van der Waals surface area contributed by atoms with Crippen molar-refractivity contribution >= 4 is 27.9 Å².